The van der Waals surface area contributed by atoms with Crippen LogP contribution in [0.1, 0.15) is 43.3 Å². The first-order valence-electron chi connectivity index (χ1n) is 13.7. The van der Waals surface area contributed by atoms with Crippen LogP contribution in [-0.2, 0) is 17.8 Å². The standard InChI is InChI=1S/C30H33F3N6O2/c1-20-18-38(17-16-34-20)24-9-7-23(8-10-24)21(2)36-28(40)14-13-27-37-26-4-3-15-35-29(26)39(27)19-22-5-11-25(12-6-22)41-30(31,32)33/h3-12,15,20-21,34H,13-14,16-19H2,1-2H3,(H,36,40)/t20-,21+/m1/s1. The summed E-state index contributed by atoms with van der Waals surface area (Å²) in [5.41, 5.74) is 4.29. The van der Waals surface area contributed by atoms with Gasteiger partial charge in [-0.15, -0.1) is 13.2 Å². The van der Waals surface area contributed by atoms with Crippen molar-refractivity contribution in [2.75, 3.05) is 24.5 Å². The number of hydrogen-bond donors (Lipinski definition) is 2. The Balaban J connectivity index is 1.22. The summed E-state index contributed by atoms with van der Waals surface area (Å²) in [7, 11) is 0. The predicted octanol–water partition coefficient (Wildman–Crippen LogP) is 4.99. The molecule has 2 aromatic carbocycles. The normalized spacial score (nSPS) is 16.5. The second-order valence-corrected chi connectivity index (χ2v) is 10.3. The second-order valence-electron chi connectivity index (χ2n) is 10.3. The number of hydrogen-bond acceptors (Lipinski definition) is 6. The van der Waals surface area contributed by atoms with Gasteiger partial charge in [0.2, 0.25) is 5.91 Å². The predicted molar refractivity (Wildman–Crippen MR) is 151 cm³/mol. The lowest BCUT2D eigenvalue weighted by Crippen LogP contribution is -2.49. The molecule has 0 saturated carbocycles. The first-order chi connectivity index (χ1) is 19.6. The van der Waals surface area contributed by atoms with E-state index in [2.05, 4.69) is 61.4 Å². The number of aromatic nitrogens is 3. The van der Waals surface area contributed by atoms with Gasteiger partial charge in [-0.3, -0.25) is 4.79 Å². The highest BCUT2D eigenvalue weighted by molar-refractivity contribution is 5.77. The number of ether oxygens (including phenoxy) is 1. The molecule has 0 aliphatic carbocycles. The highest BCUT2D eigenvalue weighted by Crippen LogP contribution is 2.24. The molecule has 11 heteroatoms. The van der Waals surface area contributed by atoms with Crippen LogP contribution >= 0.6 is 0 Å². The molecular weight excluding hydrogens is 533 g/mol. The monoisotopic (exact) mass is 566 g/mol. The van der Waals surface area contributed by atoms with Gasteiger partial charge in [0.15, 0.2) is 5.65 Å². The second kappa shape index (κ2) is 12.2. The number of carbonyl (C=O) groups excluding carboxylic acids is 1. The van der Waals surface area contributed by atoms with Gasteiger partial charge in [0.05, 0.1) is 12.6 Å². The number of alkyl halides is 3. The number of carbonyl (C=O) groups is 1. The number of pyridine rings is 1. The molecule has 0 unspecified atom stereocenters. The van der Waals surface area contributed by atoms with Crippen LogP contribution in [0.15, 0.2) is 66.9 Å². The molecule has 0 bridgehead atoms. The number of anilines is 1. The average Bonchev–Trinajstić information content (AvgIpc) is 3.29. The molecule has 8 nitrogen and oxygen atoms in total. The summed E-state index contributed by atoms with van der Waals surface area (Å²) in [5.74, 6) is 0.290. The summed E-state index contributed by atoms with van der Waals surface area (Å²) in [4.78, 5) is 24.4. The van der Waals surface area contributed by atoms with E-state index in [1.165, 1.54) is 17.8 Å². The molecule has 0 radical (unpaired) electrons. The van der Waals surface area contributed by atoms with Gasteiger partial charge in [-0.25, -0.2) is 9.97 Å². The third kappa shape index (κ3) is 7.35. The third-order valence-corrected chi connectivity index (χ3v) is 7.16. The van der Waals surface area contributed by atoms with Crippen molar-refractivity contribution in [3.63, 3.8) is 0 Å². The summed E-state index contributed by atoms with van der Waals surface area (Å²) >= 11 is 0. The van der Waals surface area contributed by atoms with Gasteiger partial charge in [0, 0.05) is 50.4 Å². The molecule has 1 aliphatic rings. The lowest BCUT2D eigenvalue weighted by Gasteiger charge is -2.33. The van der Waals surface area contributed by atoms with Crippen molar-refractivity contribution in [2.24, 2.45) is 0 Å². The van der Waals surface area contributed by atoms with E-state index < -0.39 is 6.36 Å². The Kier molecular flexibility index (Phi) is 8.44. The highest BCUT2D eigenvalue weighted by atomic mass is 19.4. The SMILES string of the molecule is C[C@@H]1CN(c2ccc([C@H](C)NC(=O)CCc3nc4cccnc4n3Cc3ccc(OC(F)(F)F)cc3)cc2)CCN1. The Morgan fingerprint density at radius 1 is 1.15 bits per heavy atom. The smallest absolute Gasteiger partial charge is 0.406 e. The van der Waals surface area contributed by atoms with Gasteiger partial charge in [0.25, 0.3) is 0 Å². The molecule has 216 valence electrons. The van der Waals surface area contributed by atoms with Gasteiger partial charge in [-0.1, -0.05) is 24.3 Å². The van der Waals surface area contributed by atoms with Crippen molar-refractivity contribution in [3.05, 3.63) is 83.8 Å². The molecule has 41 heavy (non-hydrogen) atoms. The maximum Gasteiger partial charge on any atom is 0.573 e. The zero-order valence-electron chi connectivity index (χ0n) is 23.0. The van der Waals surface area contributed by atoms with Crippen molar-refractivity contribution >= 4 is 22.8 Å². The number of amides is 1. The van der Waals surface area contributed by atoms with E-state index >= 15 is 0 Å². The van der Waals surface area contributed by atoms with Gasteiger partial charge in [0.1, 0.15) is 17.1 Å². The van der Waals surface area contributed by atoms with E-state index in [1.54, 1.807) is 24.4 Å². The number of fused-ring (bicyclic) bond motifs is 1. The van der Waals surface area contributed by atoms with Crippen molar-refractivity contribution in [2.45, 2.75) is 51.7 Å². The quantitative estimate of drug-likeness (QED) is 0.297. The van der Waals surface area contributed by atoms with Crippen molar-refractivity contribution < 1.29 is 22.7 Å². The number of aryl methyl sites for hydroxylation is 1. The van der Waals surface area contributed by atoms with E-state index in [-0.39, 0.29) is 24.1 Å². The molecule has 2 N–H and O–H groups in total. The lowest BCUT2D eigenvalue weighted by atomic mass is 10.1. The lowest BCUT2D eigenvalue weighted by molar-refractivity contribution is -0.274. The molecule has 4 aromatic rings. The van der Waals surface area contributed by atoms with Crippen LogP contribution in [0.3, 0.4) is 0 Å². The Hall–Kier alpha value is -4.12. The number of rotatable bonds is 9. The van der Waals surface area contributed by atoms with E-state index in [9.17, 15) is 18.0 Å². The number of benzene rings is 2. The first kappa shape index (κ1) is 28.4. The van der Waals surface area contributed by atoms with E-state index in [0.29, 0.717) is 36.0 Å². The summed E-state index contributed by atoms with van der Waals surface area (Å²) in [6, 6.07) is 17.9. The Labute approximate surface area is 236 Å². The number of nitrogens with zero attached hydrogens (tertiary/aromatic N) is 4. The maximum absolute atomic E-state index is 12.9. The van der Waals surface area contributed by atoms with Gasteiger partial charge in [-0.05, 0) is 61.4 Å². The van der Waals surface area contributed by atoms with Crippen molar-refractivity contribution in [1.82, 2.24) is 25.2 Å². The van der Waals surface area contributed by atoms with Crippen LogP contribution in [0.5, 0.6) is 5.75 Å². The van der Waals surface area contributed by atoms with Gasteiger partial charge < -0.3 is 24.8 Å². The minimum Gasteiger partial charge on any atom is -0.406 e. The number of nitrogens with one attached hydrogen (secondary N) is 2. The molecule has 3 heterocycles. The third-order valence-electron chi connectivity index (χ3n) is 7.16. The van der Waals surface area contributed by atoms with Gasteiger partial charge in [-0.2, -0.15) is 0 Å². The molecule has 1 aliphatic heterocycles. The largest absolute Gasteiger partial charge is 0.573 e. The van der Waals surface area contributed by atoms with Crippen molar-refractivity contribution in [1.29, 1.82) is 0 Å². The molecule has 2 aromatic heterocycles. The van der Waals surface area contributed by atoms with Crippen molar-refractivity contribution in [3.8, 4) is 5.75 Å². The number of halogens is 3. The molecular formula is C30H33F3N6O2. The zero-order chi connectivity index (χ0) is 29.0. The van der Waals surface area contributed by atoms with Crippen LogP contribution in [0, 0.1) is 0 Å². The number of piperazine rings is 1. The van der Waals surface area contributed by atoms with Crippen LogP contribution in [-0.4, -0.2) is 52.5 Å². The molecule has 1 saturated heterocycles. The molecule has 1 amide bonds. The Bertz CT molecular complexity index is 1470. The molecule has 1 fully saturated rings. The minimum atomic E-state index is -4.75. The first-order valence-corrected chi connectivity index (χ1v) is 13.7. The molecule has 0 spiro atoms. The zero-order valence-corrected chi connectivity index (χ0v) is 23.0. The summed E-state index contributed by atoms with van der Waals surface area (Å²) in [6.07, 6.45) is -2.48. The minimum absolute atomic E-state index is 0.0993. The van der Waals surface area contributed by atoms with Crippen LogP contribution in [0.4, 0.5) is 18.9 Å². The van der Waals surface area contributed by atoms with E-state index in [4.69, 9.17) is 0 Å². The summed E-state index contributed by atoms with van der Waals surface area (Å²) in [6.45, 7) is 7.37. The fourth-order valence-corrected chi connectivity index (χ4v) is 5.10. The van der Waals surface area contributed by atoms with Crippen LogP contribution in [0.2, 0.25) is 0 Å². The molecule has 5 rings (SSSR count). The average molecular weight is 567 g/mol. The Morgan fingerprint density at radius 2 is 1.90 bits per heavy atom. The van der Waals surface area contributed by atoms with Crippen LogP contribution in [0.25, 0.3) is 11.2 Å². The Morgan fingerprint density at radius 3 is 2.61 bits per heavy atom. The fourth-order valence-electron chi connectivity index (χ4n) is 5.10. The van der Waals surface area contributed by atoms with E-state index in [0.717, 1.165) is 30.8 Å². The maximum atomic E-state index is 12.9. The fraction of sp³-hybridized carbons (Fsp3) is 0.367. The molecule has 2 atom stereocenters. The number of imidazole rings is 1. The highest BCUT2D eigenvalue weighted by Gasteiger charge is 2.31. The summed E-state index contributed by atoms with van der Waals surface area (Å²) < 4.78 is 43.4. The van der Waals surface area contributed by atoms with E-state index in [1.807, 2.05) is 17.6 Å². The van der Waals surface area contributed by atoms with Crippen LogP contribution < -0.4 is 20.3 Å². The van der Waals surface area contributed by atoms with Gasteiger partial charge >= 0.3 is 6.36 Å². The topological polar surface area (TPSA) is 84.3 Å². The summed E-state index contributed by atoms with van der Waals surface area (Å²) in [5, 5.41) is 6.53.